The minimum atomic E-state index is 0.127. The van der Waals surface area contributed by atoms with Gasteiger partial charge in [-0.3, -0.25) is 9.69 Å². The fourth-order valence-corrected chi connectivity index (χ4v) is 1.80. The van der Waals surface area contributed by atoms with Crippen molar-refractivity contribution >= 4 is 6.41 Å². The van der Waals surface area contributed by atoms with Crippen molar-refractivity contribution in [3.63, 3.8) is 0 Å². The van der Waals surface area contributed by atoms with Crippen LogP contribution in [-0.4, -0.2) is 75.4 Å². The van der Waals surface area contributed by atoms with Gasteiger partial charge in [-0.1, -0.05) is 0 Å². The van der Waals surface area contributed by atoms with Gasteiger partial charge in [-0.25, -0.2) is 0 Å². The zero-order valence-corrected chi connectivity index (χ0v) is 9.89. The molecule has 1 saturated heterocycles. The highest BCUT2D eigenvalue weighted by Crippen LogP contribution is 2.05. The molecule has 6 heteroatoms. The van der Waals surface area contributed by atoms with E-state index >= 15 is 0 Å². The summed E-state index contributed by atoms with van der Waals surface area (Å²) in [5.41, 5.74) is 5.36. The van der Waals surface area contributed by atoms with E-state index in [0.717, 1.165) is 39.2 Å². The lowest BCUT2D eigenvalue weighted by Crippen LogP contribution is -2.48. The quantitative estimate of drug-likeness (QED) is 0.309. The number of hydrogen-bond acceptors (Lipinski definition) is 5. The summed E-state index contributed by atoms with van der Waals surface area (Å²) in [5, 5.41) is 3.09. The molecule has 0 spiro atoms. The number of nitrogens with one attached hydrogen (secondary N) is 1. The Labute approximate surface area is 96.7 Å². The van der Waals surface area contributed by atoms with Crippen molar-refractivity contribution in [2.45, 2.75) is 6.10 Å². The van der Waals surface area contributed by atoms with Gasteiger partial charge in [-0.05, 0) is 0 Å². The Morgan fingerprint density at radius 2 is 2.50 bits per heavy atom. The number of nitrogens with two attached hydrogens (primary N) is 1. The molecule has 1 unspecified atom stereocenters. The number of carbonyl (C=O) groups is 1. The number of amides is 1. The van der Waals surface area contributed by atoms with Crippen molar-refractivity contribution in [1.82, 2.24) is 15.1 Å². The van der Waals surface area contributed by atoms with E-state index in [1.54, 1.807) is 11.9 Å². The summed E-state index contributed by atoms with van der Waals surface area (Å²) in [6.45, 7) is 5.61. The number of hydrogen-bond donors (Lipinski definition) is 2. The van der Waals surface area contributed by atoms with Crippen LogP contribution in [-0.2, 0) is 9.53 Å². The summed E-state index contributed by atoms with van der Waals surface area (Å²) >= 11 is 0. The first kappa shape index (κ1) is 13.4. The molecule has 1 aliphatic rings. The second-order valence-corrected chi connectivity index (χ2v) is 4.04. The predicted molar refractivity (Wildman–Crippen MR) is 61.9 cm³/mol. The van der Waals surface area contributed by atoms with E-state index < -0.39 is 0 Å². The van der Waals surface area contributed by atoms with Gasteiger partial charge in [0.15, 0.2) is 0 Å². The zero-order valence-electron chi connectivity index (χ0n) is 9.89. The van der Waals surface area contributed by atoms with Crippen molar-refractivity contribution in [3.05, 3.63) is 0 Å². The van der Waals surface area contributed by atoms with E-state index in [-0.39, 0.29) is 6.10 Å². The topological polar surface area (TPSA) is 70.8 Å². The van der Waals surface area contributed by atoms with Gasteiger partial charge in [0.05, 0.1) is 12.7 Å². The van der Waals surface area contributed by atoms with Crippen LogP contribution in [0.5, 0.6) is 0 Å². The third kappa shape index (κ3) is 4.89. The van der Waals surface area contributed by atoms with Crippen LogP contribution < -0.4 is 11.1 Å². The summed E-state index contributed by atoms with van der Waals surface area (Å²) < 4.78 is 5.60. The molecule has 1 rings (SSSR count). The average Bonchev–Trinajstić information content (AvgIpc) is 2.30. The maximum atomic E-state index is 10.5. The molecule has 0 aromatic heterocycles. The van der Waals surface area contributed by atoms with Gasteiger partial charge in [0, 0.05) is 46.4 Å². The molecule has 1 heterocycles. The molecule has 16 heavy (non-hydrogen) atoms. The number of ether oxygens (including phenoxy) is 1. The Kier molecular flexibility index (Phi) is 6.32. The molecular formula is C10H22N4O2. The number of carbonyl (C=O) groups excluding carboxylic acids is 1. The van der Waals surface area contributed by atoms with Gasteiger partial charge in [-0.2, -0.15) is 0 Å². The monoisotopic (exact) mass is 230 g/mol. The van der Waals surface area contributed by atoms with E-state index in [1.807, 2.05) is 0 Å². The predicted octanol–water partition coefficient (Wildman–Crippen LogP) is -1.72. The van der Waals surface area contributed by atoms with E-state index in [2.05, 4.69) is 10.2 Å². The highest BCUT2D eigenvalue weighted by Gasteiger charge is 2.20. The molecule has 0 radical (unpaired) electrons. The fourth-order valence-electron chi connectivity index (χ4n) is 1.80. The molecule has 0 aliphatic carbocycles. The maximum Gasteiger partial charge on any atom is 0.209 e. The number of morpholine rings is 1. The second kappa shape index (κ2) is 7.56. The molecular weight excluding hydrogens is 208 g/mol. The van der Waals surface area contributed by atoms with Crippen LogP contribution in [0.1, 0.15) is 0 Å². The summed E-state index contributed by atoms with van der Waals surface area (Å²) in [6.07, 6.45) is 0.958. The van der Waals surface area contributed by atoms with Crippen molar-refractivity contribution in [2.24, 2.45) is 5.73 Å². The van der Waals surface area contributed by atoms with Gasteiger partial charge in [0.2, 0.25) is 6.41 Å². The van der Waals surface area contributed by atoms with Gasteiger partial charge in [0.25, 0.3) is 0 Å². The maximum absolute atomic E-state index is 10.5. The standard InChI is InChI=1S/C10H22N4O2/c1-13(9-15)6-10-7-14(4-5-16-10)3-2-12-8-11/h9-10,12H,2-8,11H2,1H3. The number of nitrogens with zero attached hydrogens (tertiary/aromatic N) is 2. The smallest absolute Gasteiger partial charge is 0.209 e. The lowest BCUT2D eigenvalue weighted by Gasteiger charge is -2.34. The van der Waals surface area contributed by atoms with Gasteiger partial charge in [-0.15, -0.1) is 0 Å². The van der Waals surface area contributed by atoms with Crippen molar-refractivity contribution < 1.29 is 9.53 Å². The van der Waals surface area contributed by atoms with E-state index in [9.17, 15) is 4.79 Å². The molecule has 6 nitrogen and oxygen atoms in total. The average molecular weight is 230 g/mol. The molecule has 1 aliphatic heterocycles. The third-order valence-electron chi connectivity index (χ3n) is 2.64. The lowest BCUT2D eigenvalue weighted by molar-refractivity contribution is -0.120. The Morgan fingerprint density at radius 3 is 3.19 bits per heavy atom. The summed E-state index contributed by atoms with van der Waals surface area (Å²) in [4.78, 5) is 14.5. The van der Waals surface area contributed by atoms with Crippen LogP contribution in [0.4, 0.5) is 0 Å². The molecule has 0 saturated carbocycles. The summed E-state index contributed by atoms with van der Waals surface area (Å²) in [5.74, 6) is 0. The summed E-state index contributed by atoms with van der Waals surface area (Å²) in [7, 11) is 1.77. The Balaban J connectivity index is 2.21. The van der Waals surface area contributed by atoms with Crippen LogP contribution in [0.3, 0.4) is 0 Å². The fraction of sp³-hybridized carbons (Fsp3) is 0.900. The van der Waals surface area contributed by atoms with Crippen molar-refractivity contribution in [2.75, 3.05) is 53.0 Å². The Hall–Kier alpha value is -0.690. The van der Waals surface area contributed by atoms with Crippen molar-refractivity contribution in [1.29, 1.82) is 0 Å². The first-order chi connectivity index (χ1) is 7.76. The first-order valence-corrected chi connectivity index (χ1v) is 5.66. The summed E-state index contributed by atoms with van der Waals surface area (Å²) in [6, 6.07) is 0. The molecule has 94 valence electrons. The minimum absolute atomic E-state index is 0.127. The Bertz CT molecular complexity index is 203. The van der Waals surface area contributed by atoms with Crippen LogP contribution in [0, 0.1) is 0 Å². The molecule has 0 aromatic rings. The normalized spacial score (nSPS) is 22.0. The minimum Gasteiger partial charge on any atom is -0.374 e. The lowest BCUT2D eigenvalue weighted by atomic mass is 10.2. The number of likely N-dealkylation sites (N-methyl/N-ethyl adjacent to an activating group) is 1. The SMILES string of the molecule is CN(C=O)CC1CN(CCNCN)CCO1. The van der Waals surface area contributed by atoms with Gasteiger partial charge >= 0.3 is 0 Å². The highest BCUT2D eigenvalue weighted by atomic mass is 16.5. The Morgan fingerprint density at radius 1 is 1.69 bits per heavy atom. The zero-order chi connectivity index (χ0) is 11.8. The molecule has 0 aromatic carbocycles. The third-order valence-corrected chi connectivity index (χ3v) is 2.64. The molecule has 1 amide bonds. The molecule has 0 bridgehead atoms. The van der Waals surface area contributed by atoms with Gasteiger partial charge < -0.3 is 20.7 Å². The van der Waals surface area contributed by atoms with Crippen LogP contribution in [0.25, 0.3) is 0 Å². The first-order valence-electron chi connectivity index (χ1n) is 5.66. The van der Waals surface area contributed by atoms with Crippen LogP contribution in [0.15, 0.2) is 0 Å². The number of rotatable bonds is 7. The molecule has 1 atom stereocenters. The second-order valence-electron chi connectivity index (χ2n) is 4.04. The largest absolute Gasteiger partial charge is 0.374 e. The molecule has 1 fully saturated rings. The molecule has 3 N–H and O–H groups in total. The van der Waals surface area contributed by atoms with Gasteiger partial charge in [0.1, 0.15) is 0 Å². The van der Waals surface area contributed by atoms with Crippen molar-refractivity contribution in [3.8, 4) is 0 Å². The van der Waals surface area contributed by atoms with E-state index in [0.29, 0.717) is 13.2 Å². The van der Waals surface area contributed by atoms with E-state index in [1.165, 1.54) is 0 Å². The van der Waals surface area contributed by atoms with Crippen LogP contribution >= 0.6 is 0 Å². The van der Waals surface area contributed by atoms with E-state index in [4.69, 9.17) is 10.5 Å². The van der Waals surface area contributed by atoms with Crippen LogP contribution in [0.2, 0.25) is 0 Å². The highest BCUT2D eigenvalue weighted by molar-refractivity contribution is 5.46.